The van der Waals surface area contributed by atoms with Gasteiger partial charge >= 0.3 is 0 Å². The Labute approximate surface area is 177 Å². The van der Waals surface area contributed by atoms with Crippen molar-refractivity contribution in [1.29, 1.82) is 0 Å². The number of carbonyl (C=O) groups is 2. The summed E-state index contributed by atoms with van der Waals surface area (Å²) in [6, 6.07) is 10.4. The molecule has 0 spiro atoms. The van der Waals surface area contributed by atoms with E-state index in [9.17, 15) is 22.8 Å². The molecule has 0 atom stereocenters. The van der Waals surface area contributed by atoms with Gasteiger partial charge in [-0.25, -0.2) is 13.2 Å². The first-order valence-corrected chi connectivity index (χ1v) is 9.68. The Hall–Kier alpha value is -3.62. The van der Waals surface area contributed by atoms with Crippen LogP contribution >= 0.6 is 0 Å². The first kappa shape index (κ1) is 22.1. The first-order chi connectivity index (χ1) is 14.9. The topological polar surface area (TPSA) is 67.2 Å². The fourth-order valence-corrected chi connectivity index (χ4v) is 3.02. The maximum Gasteiger partial charge on any atom is 0.254 e. The highest BCUT2D eigenvalue weighted by Crippen LogP contribution is 2.19. The van der Waals surface area contributed by atoms with E-state index in [1.54, 1.807) is 35.1 Å². The second kappa shape index (κ2) is 9.92. The third-order valence-corrected chi connectivity index (χ3v) is 4.53. The Morgan fingerprint density at radius 1 is 1.06 bits per heavy atom. The third-order valence-electron chi connectivity index (χ3n) is 4.53. The van der Waals surface area contributed by atoms with Gasteiger partial charge < -0.3 is 10.2 Å². The summed E-state index contributed by atoms with van der Waals surface area (Å²) < 4.78 is 41.9. The molecule has 0 saturated carbocycles. The van der Waals surface area contributed by atoms with Crippen molar-refractivity contribution >= 4 is 17.5 Å². The molecule has 1 N–H and O–H groups in total. The van der Waals surface area contributed by atoms with Crippen LogP contribution in [0.15, 0.2) is 54.9 Å². The summed E-state index contributed by atoms with van der Waals surface area (Å²) in [5.41, 5.74) is 0.856. The summed E-state index contributed by atoms with van der Waals surface area (Å²) >= 11 is 0. The zero-order chi connectivity index (χ0) is 22.4. The van der Waals surface area contributed by atoms with E-state index in [1.165, 1.54) is 4.90 Å². The number of nitrogens with one attached hydrogen (secondary N) is 1. The van der Waals surface area contributed by atoms with Gasteiger partial charge in [-0.1, -0.05) is 19.1 Å². The van der Waals surface area contributed by atoms with Crippen molar-refractivity contribution in [3.63, 3.8) is 0 Å². The number of hydrogen-bond donors (Lipinski definition) is 1. The first-order valence-electron chi connectivity index (χ1n) is 9.68. The van der Waals surface area contributed by atoms with Gasteiger partial charge in [0.15, 0.2) is 17.5 Å². The molecule has 9 heteroatoms. The van der Waals surface area contributed by atoms with Crippen LogP contribution in [0.25, 0.3) is 0 Å². The summed E-state index contributed by atoms with van der Waals surface area (Å²) in [6.07, 6.45) is 4.10. The van der Waals surface area contributed by atoms with Gasteiger partial charge in [-0.2, -0.15) is 5.10 Å². The third kappa shape index (κ3) is 5.50. The van der Waals surface area contributed by atoms with E-state index in [0.29, 0.717) is 31.1 Å². The summed E-state index contributed by atoms with van der Waals surface area (Å²) in [5.74, 6) is -5.60. The lowest BCUT2D eigenvalue weighted by molar-refractivity contribution is -0.116. The molecule has 3 rings (SSSR count). The Bertz CT molecular complexity index is 1050. The van der Waals surface area contributed by atoms with Gasteiger partial charge in [0.2, 0.25) is 5.91 Å². The van der Waals surface area contributed by atoms with Crippen molar-refractivity contribution < 1.29 is 22.8 Å². The van der Waals surface area contributed by atoms with Crippen LogP contribution in [-0.2, 0) is 11.3 Å². The molecule has 0 aliphatic carbocycles. The van der Waals surface area contributed by atoms with Gasteiger partial charge in [-0.3, -0.25) is 14.3 Å². The van der Waals surface area contributed by atoms with Crippen LogP contribution in [0.3, 0.4) is 0 Å². The number of aromatic nitrogens is 2. The number of amides is 2. The predicted octanol–water partition coefficient (Wildman–Crippen LogP) is 3.84. The molecule has 162 valence electrons. The average molecular weight is 430 g/mol. The van der Waals surface area contributed by atoms with Gasteiger partial charge in [-0.05, 0) is 42.3 Å². The number of halogens is 3. The number of carbonyl (C=O) groups excluding carboxylic acids is 2. The quantitative estimate of drug-likeness (QED) is 0.552. The Balaban J connectivity index is 1.67. The number of nitrogens with zero attached hydrogens (tertiary/aromatic N) is 3. The van der Waals surface area contributed by atoms with E-state index in [2.05, 4.69) is 10.4 Å². The van der Waals surface area contributed by atoms with E-state index >= 15 is 0 Å². The Morgan fingerprint density at radius 3 is 2.45 bits per heavy atom. The predicted molar refractivity (Wildman–Crippen MR) is 109 cm³/mol. The highest BCUT2D eigenvalue weighted by molar-refractivity contribution is 5.99. The molecule has 2 amide bonds. The smallest absolute Gasteiger partial charge is 0.254 e. The second-order valence-corrected chi connectivity index (χ2v) is 6.90. The highest BCUT2D eigenvalue weighted by Gasteiger charge is 2.20. The highest BCUT2D eigenvalue weighted by atomic mass is 19.2. The van der Waals surface area contributed by atoms with Crippen LogP contribution in [-0.4, -0.2) is 39.6 Å². The molecule has 0 saturated heterocycles. The lowest BCUT2D eigenvalue weighted by Crippen LogP contribution is -2.38. The van der Waals surface area contributed by atoms with Crippen LogP contribution in [0.5, 0.6) is 0 Å². The van der Waals surface area contributed by atoms with Crippen molar-refractivity contribution in [3.05, 3.63) is 83.4 Å². The lowest BCUT2D eigenvalue weighted by Gasteiger charge is -2.22. The zero-order valence-electron chi connectivity index (χ0n) is 16.8. The van der Waals surface area contributed by atoms with E-state index in [0.717, 1.165) is 11.6 Å². The Kier molecular flexibility index (Phi) is 7.07. The molecule has 0 aliphatic rings. The lowest BCUT2D eigenvalue weighted by atomic mass is 10.1. The zero-order valence-corrected chi connectivity index (χ0v) is 16.8. The van der Waals surface area contributed by atoms with Crippen LogP contribution in [0.1, 0.15) is 29.3 Å². The summed E-state index contributed by atoms with van der Waals surface area (Å²) in [6.45, 7) is 2.34. The molecule has 31 heavy (non-hydrogen) atoms. The molecule has 0 unspecified atom stereocenters. The minimum atomic E-state index is -1.67. The van der Waals surface area contributed by atoms with Crippen LogP contribution in [0.4, 0.5) is 18.9 Å². The van der Waals surface area contributed by atoms with E-state index in [4.69, 9.17) is 0 Å². The van der Waals surface area contributed by atoms with Crippen molar-refractivity contribution in [2.45, 2.75) is 19.9 Å². The van der Waals surface area contributed by atoms with Crippen LogP contribution < -0.4 is 5.32 Å². The summed E-state index contributed by atoms with van der Waals surface area (Å²) in [4.78, 5) is 26.5. The standard InChI is InChI=1S/C22H21F3N4O2/c1-2-11-28(14-19(30)27-18-9-8-17(23)20(24)21(18)25)22(31)16-6-4-15(5-7-16)13-29-12-3-10-26-29/h3-10,12H,2,11,13-14H2,1H3,(H,27,30). The molecule has 2 aromatic carbocycles. The molecule has 1 heterocycles. The van der Waals surface area contributed by atoms with Gasteiger partial charge in [0, 0.05) is 24.5 Å². The maximum atomic E-state index is 13.8. The van der Waals surface area contributed by atoms with Gasteiger partial charge in [0.1, 0.15) is 6.54 Å². The van der Waals surface area contributed by atoms with Crippen molar-refractivity contribution in [1.82, 2.24) is 14.7 Å². The molecule has 1 aromatic heterocycles. The van der Waals surface area contributed by atoms with E-state index in [1.807, 2.05) is 19.2 Å². The molecule has 3 aromatic rings. The maximum absolute atomic E-state index is 13.8. The summed E-state index contributed by atoms with van der Waals surface area (Å²) in [5, 5.41) is 6.31. The van der Waals surface area contributed by atoms with Gasteiger partial charge in [0.25, 0.3) is 5.91 Å². The number of anilines is 1. The molecular weight excluding hydrogens is 409 g/mol. The SMILES string of the molecule is CCCN(CC(=O)Nc1ccc(F)c(F)c1F)C(=O)c1ccc(Cn2cccn2)cc1. The van der Waals surface area contributed by atoms with Gasteiger partial charge in [-0.15, -0.1) is 0 Å². The van der Waals surface area contributed by atoms with Crippen LogP contribution in [0.2, 0.25) is 0 Å². The Morgan fingerprint density at radius 2 is 1.81 bits per heavy atom. The molecule has 6 nitrogen and oxygen atoms in total. The monoisotopic (exact) mass is 430 g/mol. The molecule has 0 aliphatic heterocycles. The molecular formula is C22H21F3N4O2. The van der Waals surface area contributed by atoms with Gasteiger partial charge in [0.05, 0.1) is 12.2 Å². The fourth-order valence-electron chi connectivity index (χ4n) is 3.02. The van der Waals surface area contributed by atoms with E-state index in [-0.39, 0.29) is 12.5 Å². The van der Waals surface area contributed by atoms with Crippen molar-refractivity contribution in [2.75, 3.05) is 18.4 Å². The van der Waals surface area contributed by atoms with Crippen molar-refractivity contribution in [3.8, 4) is 0 Å². The minimum absolute atomic E-state index is 0.293. The normalized spacial score (nSPS) is 10.7. The summed E-state index contributed by atoms with van der Waals surface area (Å²) in [7, 11) is 0. The number of benzene rings is 2. The van der Waals surface area contributed by atoms with E-state index < -0.39 is 29.0 Å². The second-order valence-electron chi connectivity index (χ2n) is 6.90. The van der Waals surface area contributed by atoms with Crippen LogP contribution in [0, 0.1) is 17.5 Å². The molecule has 0 fully saturated rings. The van der Waals surface area contributed by atoms with Crippen molar-refractivity contribution in [2.24, 2.45) is 0 Å². The average Bonchev–Trinajstić information content (AvgIpc) is 3.27. The molecule has 0 radical (unpaired) electrons. The minimum Gasteiger partial charge on any atom is -0.329 e. The number of hydrogen-bond acceptors (Lipinski definition) is 3. The molecule has 0 bridgehead atoms. The largest absolute Gasteiger partial charge is 0.329 e. The number of rotatable bonds is 8. The fraction of sp³-hybridized carbons (Fsp3) is 0.227.